The van der Waals surface area contributed by atoms with Crippen LogP contribution in [0.15, 0.2) is 60.7 Å². The minimum absolute atomic E-state index is 0.342. The first-order valence-corrected chi connectivity index (χ1v) is 7.99. The molecule has 2 aromatic carbocycles. The first-order chi connectivity index (χ1) is 11.6. The van der Waals surface area contributed by atoms with Crippen LogP contribution in [0.4, 0.5) is 4.79 Å². The zero-order valence-corrected chi connectivity index (χ0v) is 14.0. The van der Waals surface area contributed by atoms with E-state index in [1.807, 2.05) is 72.6 Å². The fourth-order valence-electron chi connectivity index (χ4n) is 2.59. The lowest BCUT2D eigenvalue weighted by Crippen LogP contribution is -2.45. The Hall–Kier alpha value is -2.66. The van der Waals surface area contributed by atoms with Crippen LogP contribution in [0.1, 0.15) is 24.1 Å². The Balaban J connectivity index is 2.19. The van der Waals surface area contributed by atoms with Crippen molar-refractivity contribution in [1.82, 2.24) is 15.5 Å². The summed E-state index contributed by atoms with van der Waals surface area (Å²) in [7, 11) is 1.88. The van der Waals surface area contributed by atoms with E-state index in [9.17, 15) is 9.59 Å². The van der Waals surface area contributed by atoms with E-state index in [1.165, 1.54) is 0 Å². The van der Waals surface area contributed by atoms with Gasteiger partial charge in [-0.05, 0) is 25.1 Å². The van der Waals surface area contributed by atoms with Gasteiger partial charge in [0.05, 0.1) is 0 Å². The summed E-state index contributed by atoms with van der Waals surface area (Å²) in [6, 6.07) is 18.4. The normalized spacial score (nSPS) is 11.8. The molecule has 3 amide bonds. The second-order valence-electron chi connectivity index (χ2n) is 5.56. The lowest BCUT2D eigenvalue weighted by Gasteiger charge is -2.27. The van der Waals surface area contributed by atoms with Crippen LogP contribution in [0.3, 0.4) is 0 Å². The Kier molecular flexibility index (Phi) is 6.51. The van der Waals surface area contributed by atoms with Crippen LogP contribution in [0, 0.1) is 0 Å². The fourth-order valence-corrected chi connectivity index (χ4v) is 2.59. The summed E-state index contributed by atoms with van der Waals surface area (Å²) in [5.41, 5.74) is 1.95. The minimum atomic E-state index is -0.547. The number of hydrogen-bond donors (Lipinski definition) is 2. The SMILES string of the molecule is CCNC(=O)NC(=O)[C@@H](c1ccccc1)N(C)Cc1ccccc1. The number of rotatable bonds is 6. The highest BCUT2D eigenvalue weighted by atomic mass is 16.2. The minimum Gasteiger partial charge on any atom is -0.338 e. The van der Waals surface area contributed by atoms with E-state index in [2.05, 4.69) is 10.6 Å². The third kappa shape index (κ3) is 4.93. The second-order valence-corrected chi connectivity index (χ2v) is 5.56. The molecule has 0 aromatic heterocycles. The molecule has 126 valence electrons. The number of hydrogen-bond acceptors (Lipinski definition) is 3. The summed E-state index contributed by atoms with van der Waals surface area (Å²) in [5.74, 6) is -0.342. The molecule has 2 N–H and O–H groups in total. The molecule has 5 heteroatoms. The molecule has 0 saturated heterocycles. The van der Waals surface area contributed by atoms with Crippen LogP contribution in [0.5, 0.6) is 0 Å². The predicted octanol–water partition coefficient (Wildman–Crippen LogP) is 2.71. The molecule has 0 aliphatic heterocycles. The Labute approximate surface area is 142 Å². The van der Waals surface area contributed by atoms with Crippen molar-refractivity contribution in [3.05, 3.63) is 71.8 Å². The van der Waals surface area contributed by atoms with Crippen molar-refractivity contribution in [3.63, 3.8) is 0 Å². The van der Waals surface area contributed by atoms with E-state index >= 15 is 0 Å². The molecule has 0 saturated carbocycles. The molecular formula is C19H23N3O2. The molecule has 2 rings (SSSR count). The van der Waals surface area contributed by atoms with Crippen molar-refractivity contribution in [1.29, 1.82) is 0 Å². The molecular weight excluding hydrogens is 302 g/mol. The monoisotopic (exact) mass is 325 g/mol. The van der Waals surface area contributed by atoms with Crippen LogP contribution < -0.4 is 10.6 Å². The van der Waals surface area contributed by atoms with Crippen molar-refractivity contribution in [2.24, 2.45) is 0 Å². The number of carbonyl (C=O) groups excluding carboxylic acids is 2. The van der Waals surface area contributed by atoms with Gasteiger partial charge in [0.2, 0.25) is 5.91 Å². The summed E-state index contributed by atoms with van der Waals surface area (Å²) < 4.78 is 0. The fraction of sp³-hybridized carbons (Fsp3) is 0.263. The summed E-state index contributed by atoms with van der Waals surface area (Å²) in [6.07, 6.45) is 0. The molecule has 0 aliphatic carbocycles. The van der Waals surface area contributed by atoms with Crippen molar-refractivity contribution in [2.75, 3.05) is 13.6 Å². The van der Waals surface area contributed by atoms with E-state index in [0.717, 1.165) is 11.1 Å². The molecule has 2 aromatic rings. The van der Waals surface area contributed by atoms with Crippen LogP contribution in [0.2, 0.25) is 0 Å². The van der Waals surface area contributed by atoms with Crippen molar-refractivity contribution in [2.45, 2.75) is 19.5 Å². The molecule has 24 heavy (non-hydrogen) atoms. The van der Waals surface area contributed by atoms with Crippen molar-refractivity contribution >= 4 is 11.9 Å². The number of amides is 3. The average Bonchev–Trinajstić information content (AvgIpc) is 2.57. The first kappa shape index (κ1) is 17.7. The van der Waals surface area contributed by atoms with Gasteiger partial charge in [0.15, 0.2) is 0 Å². The number of carbonyl (C=O) groups is 2. The highest BCUT2D eigenvalue weighted by molar-refractivity contribution is 5.97. The Morgan fingerprint density at radius 3 is 2.17 bits per heavy atom. The van der Waals surface area contributed by atoms with Gasteiger partial charge in [-0.1, -0.05) is 60.7 Å². The summed E-state index contributed by atoms with van der Waals surface area (Å²) >= 11 is 0. The summed E-state index contributed by atoms with van der Waals surface area (Å²) in [6.45, 7) is 2.87. The smallest absolute Gasteiger partial charge is 0.321 e. The van der Waals surface area contributed by atoms with Gasteiger partial charge in [-0.2, -0.15) is 0 Å². The molecule has 5 nitrogen and oxygen atoms in total. The molecule has 0 radical (unpaired) electrons. The number of likely N-dealkylation sites (N-methyl/N-ethyl adjacent to an activating group) is 1. The maximum absolute atomic E-state index is 12.6. The molecule has 0 heterocycles. The first-order valence-electron chi connectivity index (χ1n) is 7.99. The van der Waals surface area contributed by atoms with Gasteiger partial charge in [0.25, 0.3) is 0 Å². The number of nitrogens with one attached hydrogen (secondary N) is 2. The number of urea groups is 1. The number of imide groups is 1. The lowest BCUT2D eigenvalue weighted by atomic mass is 10.0. The molecule has 0 unspecified atom stereocenters. The Morgan fingerprint density at radius 2 is 1.58 bits per heavy atom. The van der Waals surface area contributed by atoms with Crippen LogP contribution in [0.25, 0.3) is 0 Å². The Morgan fingerprint density at radius 1 is 1.00 bits per heavy atom. The third-order valence-corrected chi connectivity index (χ3v) is 3.65. The highest BCUT2D eigenvalue weighted by Gasteiger charge is 2.26. The maximum Gasteiger partial charge on any atom is 0.321 e. The van der Waals surface area contributed by atoms with Gasteiger partial charge >= 0.3 is 6.03 Å². The summed E-state index contributed by atoms with van der Waals surface area (Å²) in [4.78, 5) is 26.3. The van der Waals surface area contributed by atoms with Gasteiger partial charge in [-0.3, -0.25) is 15.0 Å². The predicted molar refractivity (Wildman–Crippen MR) is 94.3 cm³/mol. The largest absolute Gasteiger partial charge is 0.338 e. The van der Waals surface area contributed by atoms with E-state index in [-0.39, 0.29) is 5.91 Å². The van der Waals surface area contributed by atoms with E-state index in [0.29, 0.717) is 13.1 Å². The number of nitrogens with zero attached hydrogens (tertiary/aromatic N) is 1. The molecule has 0 aliphatic rings. The van der Waals surface area contributed by atoms with Gasteiger partial charge in [0.1, 0.15) is 6.04 Å². The highest BCUT2D eigenvalue weighted by Crippen LogP contribution is 2.21. The van der Waals surface area contributed by atoms with E-state index < -0.39 is 12.1 Å². The van der Waals surface area contributed by atoms with Gasteiger partial charge in [-0.15, -0.1) is 0 Å². The van der Waals surface area contributed by atoms with E-state index in [4.69, 9.17) is 0 Å². The van der Waals surface area contributed by atoms with Crippen LogP contribution in [-0.4, -0.2) is 30.4 Å². The maximum atomic E-state index is 12.6. The van der Waals surface area contributed by atoms with Crippen LogP contribution in [-0.2, 0) is 11.3 Å². The molecule has 1 atom stereocenters. The van der Waals surface area contributed by atoms with Gasteiger partial charge in [0, 0.05) is 13.1 Å². The van der Waals surface area contributed by atoms with Crippen molar-refractivity contribution < 1.29 is 9.59 Å². The quantitative estimate of drug-likeness (QED) is 0.858. The Bertz CT molecular complexity index is 659. The molecule has 0 spiro atoms. The lowest BCUT2D eigenvalue weighted by molar-refractivity contribution is -0.125. The second kappa shape index (κ2) is 8.84. The zero-order valence-electron chi connectivity index (χ0n) is 14.0. The van der Waals surface area contributed by atoms with E-state index in [1.54, 1.807) is 6.92 Å². The molecule has 0 fully saturated rings. The zero-order chi connectivity index (χ0) is 17.4. The van der Waals surface area contributed by atoms with Gasteiger partial charge in [-0.25, -0.2) is 4.79 Å². The molecule has 0 bridgehead atoms. The number of benzene rings is 2. The van der Waals surface area contributed by atoms with Gasteiger partial charge < -0.3 is 5.32 Å². The topological polar surface area (TPSA) is 61.4 Å². The average molecular weight is 325 g/mol. The third-order valence-electron chi connectivity index (χ3n) is 3.65. The summed E-state index contributed by atoms with van der Waals surface area (Å²) in [5, 5.41) is 5.00. The van der Waals surface area contributed by atoms with Crippen molar-refractivity contribution in [3.8, 4) is 0 Å². The van der Waals surface area contributed by atoms with Crippen LogP contribution >= 0.6 is 0 Å². The standard InChI is InChI=1S/C19H23N3O2/c1-3-20-19(24)21-18(23)17(16-12-8-5-9-13-16)22(2)14-15-10-6-4-7-11-15/h4-13,17H,3,14H2,1-2H3,(H2,20,21,23,24)/t17-/m1/s1.